The van der Waals surface area contributed by atoms with Gasteiger partial charge in [-0.1, -0.05) is 0 Å². The highest BCUT2D eigenvalue weighted by Gasteiger charge is 2.00. The second-order valence-corrected chi connectivity index (χ2v) is 3.47. The Balaban J connectivity index is 2.47. The molecule has 1 aromatic heterocycles. The van der Waals surface area contributed by atoms with Crippen LogP contribution in [0.15, 0.2) is 10.4 Å². The Hall–Kier alpha value is -1.18. The Kier molecular flexibility index (Phi) is 4.30. The molecule has 0 aliphatic rings. The lowest BCUT2D eigenvalue weighted by Gasteiger charge is -1.94. The lowest BCUT2D eigenvalue weighted by atomic mass is 10.3. The van der Waals surface area contributed by atoms with Gasteiger partial charge in [-0.3, -0.25) is 0 Å². The minimum Gasteiger partial charge on any atom is -0.370 e. The molecule has 6 N–H and O–H groups in total. The standard InChI is InChI=1S/C7H13N5OS/c8-6(9)12-7-11-5(4-14-7)2-1-3-13-10/h4H,1-3,10H2,(H4,8,9,11,12). The summed E-state index contributed by atoms with van der Waals surface area (Å²) in [5, 5.41) is 2.49. The van der Waals surface area contributed by atoms with Crippen molar-refractivity contribution in [1.29, 1.82) is 0 Å². The van der Waals surface area contributed by atoms with Gasteiger partial charge < -0.3 is 16.3 Å². The van der Waals surface area contributed by atoms with E-state index in [4.69, 9.17) is 17.4 Å². The number of aromatic nitrogens is 1. The van der Waals surface area contributed by atoms with E-state index < -0.39 is 0 Å². The van der Waals surface area contributed by atoms with Crippen molar-refractivity contribution in [2.75, 3.05) is 6.61 Å². The van der Waals surface area contributed by atoms with Crippen molar-refractivity contribution in [2.45, 2.75) is 12.8 Å². The van der Waals surface area contributed by atoms with E-state index in [1.807, 2.05) is 5.38 Å². The van der Waals surface area contributed by atoms with Crippen molar-refractivity contribution in [3.8, 4) is 0 Å². The molecule has 7 heteroatoms. The number of guanidine groups is 1. The van der Waals surface area contributed by atoms with Gasteiger partial charge in [-0.25, -0.2) is 10.9 Å². The first-order chi connectivity index (χ1) is 6.72. The molecule has 0 amide bonds. The average Bonchev–Trinajstić information content (AvgIpc) is 2.52. The van der Waals surface area contributed by atoms with Gasteiger partial charge in [-0.15, -0.1) is 11.3 Å². The van der Waals surface area contributed by atoms with Crippen LogP contribution in [0.1, 0.15) is 12.1 Å². The monoisotopic (exact) mass is 215 g/mol. The summed E-state index contributed by atoms with van der Waals surface area (Å²) in [7, 11) is 0. The minimum atomic E-state index is 0.0243. The predicted octanol–water partition coefficient (Wildman–Crippen LogP) is -0.129. The highest BCUT2D eigenvalue weighted by atomic mass is 32.1. The van der Waals surface area contributed by atoms with Crippen molar-refractivity contribution in [2.24, 2.45) is 22.4 Å². The Labute approximate surface area is 85.7 Å². The van der Waals surface area contributed by atoms with Crippen molar-refractivity contribution in [1.82, 2.24) is 4.98 Å². The number of aliphatic imine (C=N–C) groups is 1. The summed E-state index contributed by atoms with van der Waals surface area (Å²) in [5.74, 6) is 4.92. The van der Waals surface area contributed by atoms with Crippen LogP contribution in [-0.2, 0) is 11.3 Å². The first kappa shape index (κ1) is 10.9. The second-order valence-electron chi connectivity index (χ2n) is 2.63. The molecule has 1 aromatic rings. The van der Waals surface area contributed by atoms with E-state index in [2.05, 4.69) is 14.8 Å². The van der Waals surface area contributed by atoms with Crippen LogP contribution < -0.4 is 17.4 Å². The molecule has 0 spiro atoms. The van der Waals surface area contributed by atoms with Crippen molar-refractivity contribution in [3.63, 3.8) is 0 Å². The molecule has 0 bridgehead atoms. The summed E-state index contributed by atoms with van der Waals surface area (Å²) in [6.07, 6.45) is 1.65. The van der Waals surface area contributed by atoms with Crippen LogP contribution in [0.4, 0.5) is 5.13 Å². The van der Waals surface area contributed by atoms with E-state index in [1.54, 1.807) is 0 Å². The highest BCUT2D eigenvalue weighted by molar-refractivity contribution is 7.13. The van der Waals surface area contributed by atoms with E-state index in [0.717, 1.165) is 18.5 Å². The van der Waals surface area contributed by atoms with Crippen LogP contribution in [0.3, 0.4) is 0 Å². The van der Waals surface area contributed by atoms with Crippen LogP contribution in [-0.4, -0.2) is 17.6 Å². The summed E-state index contributed by atoms with van der Waals surface area (Å²) >= 11 is 1.41. The summed E-state index contributed by atoms with van der Waals surface area (Å²) in [6.45, 7) is 0.523. The summed E-state index contributed by atoms with van der Waals surface area (Å²) in [5.41, 5.74) is 11.4. The molecule has 1 heterocycles. The maximum Gasteiger partial charge on any atom is 0.212 e. The van der Waals surface area contributed by atoms with Crippen molar-refractivity contribution in [3.05, 3.63) is 11.1 Å². The molecule has 0 unspecified atom stereocenters. The Morgan fingerprint density at radius 2 is 2.36 bits per heavy atom. The van der Waals surface area contributed by atoms with Gasteiger partial charge in [-0.05, 0) is 12.8 Å². The molecular weight excluding hydrogens is 202 g/mol. The van der Waals surface area contributed by atoms with Gasteiger partial charge in [0.15, 0.2) is 5.96 Å². The summed E-state index contributed by atoms with van der Waals surface area (Å²) in [6, 6.07) is 0. The van der Waals surface area contributed by atoms with Gasteiger partial charge >= 0.3 is 0 Å². The third-order valence-corrected chi connectivity index (χ3v) is 2.24. The highest BCUT2D eigenvalue weighted by Crippen LogP contribution is 2.19. The molecule has 0 aliphatic carbocycles. The molecule has 0 radical (unpaired) electrons. The molecule has 78 valence electrons. The lowest BCUT2D eigenvalue weighted by Crippen LogP contribution is -2.21. The molecule has 0 saturated carbocycles. The predicted molar refractivity (Wildman–Crippen MR) is 56.0 cm³/mol. The maximum absolute atomic E-state index is 5.21. The summed E-state index contributed by atoms with van der Waals surface area (Å²) in [4.78, 5) is 12.5. The number of hydrogen-bond donors (Lipinski definition) is 3. The number of nitrogens with zero attached hydrogens (tertiary/aromatic N) is 2. The number of thiazole rings is 1. The zero-order valence-corrected chi connectivity index (χ0v) is 8.46. The SMILES string of the molecule is NOCCCc1csc(N=C(N)N)n1. The zero-order chi connectivity index (χ0) is 10.4. The maximum atomic E-state index is 5.21. The Morgan fingerprint density at radius 1 is 1.57 bits per heavy atom. The first-order valence-electron chi connectivity index (χ1n) is 4.08. The van der Waals surface area contributed by atoms with E-state index in [0.29, 0.717) is 11.7 Å². The van der Waals surface area contributed by atoms with E-state index in [-0.39, 0.29) is 5.96 Å². The fraction of sp³-hybridized carbons (Fsp3) is 0.429. The third kappa shape index (κ3) is 3.69. The normalized spacial score (nSPS) is 10.1. The van der Waals surface area contributed by atoms with Crippen LogP contribution in [0.25, 0.3) is 0 Å². The molecule has 6 nitrogen and oxygen atoms in total. The molecular formula is C7H13N5OS. The summed E-state index contributed by atoms with van der Waals surface area (Å²) < 4.78 is 0. The van der Waals surface area contributed by atoms with Crippen LogP contribution in [0.2, 0.25) is 0 Å². The first-order valence-corrected chi connectivity index (χ1v) is 4.96. The zero-order valence-electron chi connectivity index (χ0n) is 7.64. The fourth-order valence-corrected chi connectivity index (χ4v) is 1.65. The molecule has 0 saturated heterocycles. The van der Waals surface area contributed by atoms with Crippen LogP contribution in [0, 0.1) is 0 Å². The van der Waals surface area contributed by atoms with E-state index in [9.17, 15) is 0 Å². The molecule has 0 fully saturated rings. The molecule has 0 aromatic carbocycles. The van der Waals surface area contributed by atoms with Gasteiger partial charge in [0.1, 0.15) is 0 Å². The number of nitrogens with two attached hydrogens (primary N) is 3. The van der Waals surface area contributed by atoms with E-state index in [1.165, 1.54) is 11.3 Å². The molecule has 0 aliphatic heterocycles. The number of rotatable bonds is 5. The van der Waals surface area contributed by atoms with Crippen LogP contribution in [0.5, 0.6) is 0 Å². The van der Waals surface area contributed by atoms with Gasteiger partial charge in [0.2, 0.25) is 5.13 Å². The third-order valence-electron chi connectivity index (χ3n) is 1.46. The van der Waals surface area contributed by atoms with Crippen molar-refractivity contribution < 1.29 is 4.84 Å². The topological polar surface area (TPSA) is 113 Å². The molecule has 0 atom stereocenters. The van der Waals surface area contributed by atoms with Gasteiger partial charge in [0, 0.05) is 5.38 Å². The second kappa shape index (κ2) is 5.53. The lowest BCUT2D eigenvalue weighted by molar-refractivity contribution is 0.135. The fourth-order valence-electron chi connectivity index (χ4n) is 0.910. The largest absolute Gasteiger partial charge is 0.370 e. The quantitative estimate of drug-likeness (QED) is 0.274. The Morgan fingerprint density at radius 3 is 3.00 bits per heavy atom. The minimum absolute atomic E-state index is 0.0243. The van der Waals surface area contributed by atoms with Crippen LogP contribution >= 0.6 is 11.3 Å². The molecule has 14 heavy (non-hydrogen) atoms. The van der Waals surface area contributed by atoms with Gasteiger partial charge in [0.05, 0.1) is 12.3 Å². The van der Waals surface area contributed by atoms with Gasteiger partial charge in [-0.2, -0.15) is 4.99 Å². The van der Waals surface area contributed by atoms with Crippen molar-refractivity contribution >= 4 is 22.4 Å². The molecule has 1 rings (SSSR count). The average molecular weight is 215 g/mol. The smallest absolute Gasteiger partial charge is 0.212 e. The van der Waals surface area contributed by atoms with Gasteiger partial charge in [0.25, 0.3) is 0 Å². The van der Waals surface area contributed by atoms with E-state index >= 15 is 0 Å². The number of hydrogen-bond acceptors (Lipinski definition) is 5. The number of aryl methyl sites for hydroxylation is 1. The Bertz CT molecular complexity index is 307.